The molecule has 1 atom stereocenters. The lowest BCUT2D eigenvalue weighted by molar-refractivity contribution is -0.175. The van der Waals surface area contributed by atoms with Crippen molar-refractivity contribution in [1.29, 1.82) is 0 Å². The highest BCUT2D eigenvalue weighted by Crippen LogP contribution is 2.14. The van der Waals surface area contributed by atoms with Crippen molar-refractivity contribution in [2.45, 2.75) is 30.8 Å². The van der Waals surface area contributed by atoms with Gasteiger partial charge in [0.2, 0.25) is 5.91 Å². The molecule has 0 aromatic rings. The maximum Gasteiger partial charge on any atom is 0.411 e. The number of carbonyl (C=O) groups is 1. The molecule has 16 heavy (non-hydrogen) atoms. The minimum absolute atomic E-state index is 0.309. The van der Waals surface area contributed by atoms with Crippen LogP contribution < -0.4 is 5.32 Å². The Bertz CT molecular complexity index is 211. The summed E-state index contributed by atoms with van der Waals surface area (Å²) in [4.78, 5) is 11.3. The fourth-order valence-corrected chi connectivity index (χ4v) is 1.11. The van der Waals surface area contributed by atoms with Gasteiger partial charge in [-0.3, -0.25) is 4.79 Å². The van der Waals surface area contributed by atoms with Gasteiger partial charge in [0, 0.05) is 11.4 Å². The number of amides is 1. The predicted octanol–water partition coefficient (Wildman–Crippen LogP) is 2.25. The van der Waals surface area contributed by atoms with Crippen LogP contribution in [0.25, 0.3) is 0 Å². The van der Waals surface area contributed by atoms with E-state index in [0.29, 0.717) is 11.4 Å². The van der Waals surface area contributed by atoms with Gasteiger partial charge in [-0.05, 0) is 12.8 Å². The average Bonchev–Trinajstić information content (AvgIpc) is 2.15. The van der Waals surface area contributed by atoms with Crippen LogP contribution in [-0.4, -0.2) is 36.7 Å². The third kappa shape index (κ3) is 10.2. The summed E-state index contributed by atoms with van der Waals surface area (Å²) in [6.45, 7) is 0.473. The van der Waals surface area contributed by atoms with Gasteiger partial charge in [-0.15, -0.1) is 0 Å². The molecule has 0 radical (unpaired) electrons. The Morgan fingerprint density at radius 2 is 2.12 bits per heavy atom. The molecule has 3 nitrogen and oxygen atoms in total. The second kappa shape index (κ2) is 7.89. The number of alkyl halides is 4. The molecule has 0 rings (SSSR count). The Hall–Kier alpha value is -0.300. The van der Waals surface area contributed by atoms with E-state index in [9.17, 15) is 18.0 Å². The van der Waals surface area contributed by atoms with Crippen LogP contribution in [0.1, 0.15) is 19.8 Å². The maximum atomic E-state index is 11.6. The van der Waals surface area contributed by atoms with Gasteiger partial charge in [-0.1, -0.05) is 22.9 Å². The highest BCUT2D eigenvalue weighted by Gasteiger charge is 2.27. The lowest BCUT2D eigenvalue weighted by Crippen LogP contribution is -2.31. The van der Waals surface area contributed by atoms with Crippen molar-refractivity contribution < 1.29 is 22.7 Å². The molecule has 7 heteroatoms. The number of halogens is 4. The smallest absolute Gasteiger partial charge is 0.362 e. The van der Waals surface area contributed by atoms with E-state index in [1.165, 1.54) is 0 Å². The quantitative estimate of drug-likeness (QED) is 0.733. The van der Waals surface area contributed by atoms with E-state index >= 15 is 0 Å². The molecular formula is C9H15BrF3NO2. The molecule has 0 saturated heterocycles. The molecule has 1 unspecified atom stereocenters. The van der Waals surface area contributed by atoms with Crippen molar-refractivity contribution in [2.75, 3.05) is 19.8 Å². The average molecular weight is 306 g/mol. The van der Waals surface area contributed by atoms with Gasteiger partial charge in [-0.2, -0.15) is 13.2 Å². The molecule has 96 valence electrons. The zero-order valence-corrected chi connectivity index (χ0v) is 10.5. The lowest BCUT2D eigenvalue weighted by Gasteiger charge is -2.09. The zero-order valence-electron chi connectivity index (χ0n) is 8.94. The number of hydrogen-bond donors (Lipinski definition) is 1. The van der Waals surface area contributed by atoms with Crippen LogP contribution in [0.3, 0.4) is 0 Å². The van der Waals surface area contributed by atoms with Crippen LogP contribution in [0.2, 0.25) is 0 Å². The van der Waals surface area contributed by atoms with Crippen LogP contribution in [-0.2, 0) is 9.53 Å². The maximum absolute atomic E-state index is 11.6. The van der Waals surface area contributed by atoms with E-state index in [-0.39, 0.29) is 0 Å². The molecule has 0 spiro atoms. The molecule has 1 amide bonds. The Labute approximate surface area is 101 Å². The fraction of sp³-hybridized carbons (Fsp3) is 0.889. The number of rotatable bonds is 7. The number of ether oxygens (including phenoxy) is 1. The largest absolute Gasteiger partial charge is 0.411 e. The first-order valence-corrected chi connectivity index (χ1v) is 5.82. The van der Waals surface area contributed by atoms with Crippen LogP contribution in [0.4, 0.5) is 13.2 Å². The van der Waals surface area contributed by atoms with Gasteiger partial charge in [0.15, 0.2) is 0 Å². The predicted molar refractivity (Wildman–Crippen MR) is 57.5 cm³/mol. The van der Waals surface area contributed by atoms with Gasteiger partial charge in [0.05, 0.1) is 0 Å². The first-order chi connectivity index (χ1) is 7.35. The van der Waals surface area contributed by atoms with E-state index in [1.807, 2.05) is 6.92 Å². The summed E-state index contributed by atoms with van der Waals surface area (Å²) in [7, 11) is 0. The Morgan fingerprint density at radius 3 is 2.62 bits per heavy atom. The minimum atomic E-state index is -4.39. The fourth-order valence-electron chi connectivity index (χ4n) is 0.883. The van der Waals surface area contributed by atoms with Crippen molar-refractivity contribution in [3.8, 4) is 0 Å². The van der Waals surface area contributed by atoms with Crippen molar-refractivity contribution in [2.24, 2.45) is 0 Å². The van der Waals surface area contributed by atoms with Gasteiger partial charge in [0.25, 0.3) is 0 Å². The number of hydrogen-bond acceptors (Lipinski definition) is 2. The SMILES string of the molecule is CCC(Br)CCNC(=O)COCC(F)(F)F. The second-order valence-electron chi connectivity index (χ2n) is 3.25. The van der Waals surface area contributed by atoms with Crippen molar-refractivity contribution in [3.05, 3.63) is 0 Å². The molecule has 0 heterocycles. The summed E-state index contributed by atoms with van der Waals surface area (Å²) in [6, 6.07) is 0. The summed E-state index contributed by atoms with van der Waals surface area (Å²) in [5, 5.41) is 2.47. The van der Waals surface area contributed by atoms with Gasteiger partial charge in [-0.25, -0.2) is 0 Å². The molecule has 0 saturated carbocycles. The summed E-state index contributed by atoms with van der Waals surface area (Å²) in [6.07, 6.45) is -2.72. The summed E-state index contributed by atoms with van der Waals surface area (Å²) in [5.41, 5.74) is 0. The van der Waals surface area contributed by atoms with Crippen LogP contribution in [0, 0.1) is 0 Å². The molecule has 0 aromatic heterocycles. The zero-order chi connectivity index (χ0) is 12.6. The van der Waals surface area contributed by atoms with Crippen molar-refractivity contribution in [3.63, 3.8) is 0 Å². The third-order valence-electron chi connectivity index (χ3n) is 1.72. The van der Waals surface area contributed by atoms with Crippen molar-refractivity contribution in [1.82, 2.24) is 5.32 Å². The normalized spacial score (nSPS) is 13.6. The third-order valence-corrected chi connectivity index (χ3v) is 2.83. The van der Waals surface area contributed by atoms with E-state index in [0.717, 1.165) is 12.8 Å². The molecule has 0 bridgehead atoms. The Kier molecular flexibility index (Phi) is 7.74. The molecule has 0 aliphatic rings. The van der Waals surface area contributed by atoms with E-state index < -0.39 is 25.3 Å². The van der Waals surface area contributed by atoms with E-state index in [2.05, 4.69) is 26.0 Å². The first-order valence-electron chi connectivity index (χ1n) is 4.90. The van der Waals surface area contributed by atoms with Crippen LogP contribution in [0.5, 0.6) is 0 Å². The van der Waals surface area contributed by atoms with Gasteiger partial charge < -0.3 is 10.1 Å². The number of carbonyl (C=O) groups excluding carboxylic acids is 1. The molecule has 1 N–H and O–H groups in total. The van der Waals surface area contributed by atoms with E-state index in [1.54, 1.807) is 0 Å². The topological polar surface area (TPSA) is 38.3 Å². The van der Waals surface area contributed by atoms with Crippen molar-refractivity contribution >= 4 is 21.8 Å². The first kappa shape index (κ1) is 15.7. The highest BCUT2D eigenvalue weighted by molar-refractivity contribution is 9.09. The summed E-state index contributed by atoms with van der Waals surface area (Å²) >= 11 is 3.37. The monoisotopic (exact) mass is 305 g/mol. The lowest BCUT2D eigenvalue weighted by atomic mass is 10.2. The molecule has 0 aliphatic carbocycles. The molecule has 0 aromatic carbocycles. The Balaban J connectivity index is 3.46. The van der Waals surface area contributed by atoms with Gasteiger partial charge in [0.1, 0.15) is 13.2 Å². The number of nitrogens with one attached hydrogen (secondary N) is 1. The summed E-state index contributed by atoms with van der Waals surface area (Å²) < 4.78 is 39.1. The van der Waals surface area contributed by atoms with Gasteiger partial charge >= 0.3 is 6.18 Å². The van der Waals surface area contributed by atoms with Crippen LogP contribution >= 0.6 is 15.9 Å². The second-order valence-corrected chi connectivity index (χ2v) is 4.55. The minimum Gasteiger partial charge on any atom is -0.362 e. The Morgan fingerprint density at radius 1 is 1.50 bits per heavy atom. The summed E-state index contributed by atoms with van der Waals surface area (Å²) in [5.74, 6) is -0.528. The molecule has 0 aliphatic heterocycles. The van der Waals surface area contributed by atoms with E-state index in [4.69, 9.17) is 0 Å². The van der Waals surface area contributed by atoms with Crippen LogP contribution in [0.15, 0.2) is 0 Å². The highest BCUT2D eigenvalue weighted by atomic mass is 79.9. The standard InChI is InChI=1S/C9H15BrF3NO2/c1-2-7(10)3-4-14-8(15)5-16-6-9(11,12)13/h7H,2-6H2,1H3,(H,14,15). The molecular weight excluding hydrogens is 291 g/mol. The molecule has 0 fully saturated rings.